The summed E-state index contributed by atoms with van der Waals surface area (Å²) >= 11 is 7.29. The number of amides is 1. The molecular weight excluding hydrogens is 402 g/mol. The van der Waals surface area contributed by atoms with E-state index in [4.69, 9.17) is 25.8 Å². The molecule has 1 aromatic heterocycles. The predicted octanol–water partition coefficient (Wildman–Crippen LogP) is 3.96. The van der Waals surface area contributed by atoms with Crippen LogP contribution in [0, 0.1) is 0 Å². The SMILES string of the molecule is C=CCc1cc(C(=O)OCC(=O)N(C)Cc2ccc(Cl)s2)cc(OC)c1OC. The van der Waals surface area contributed by atoms with E-state index in [2.05, 4.69) is 6.58 Å². The average molecular weight is 424 g/mol. The number of nitrogens with zero attached hydrogens (tertiary/aromatic N) is 1. The number of thiophene rings is 1. The number of hydrogen-bond acceptors (Lipinski definition) is 6. The molecule has 0 radical (unpaired) electrons. The van der Waals surface area contributed by atoms with E-state index in [0.717, 1.165) is 10.4 Å². The van der Waals surface area contributed by atoms with Gasteiger partial charge in [-0.3, -0.25) is 4.79 Å². The maximum Gasteiger partial charge on any atom is 0.338 e. The number of carbonyl (C=O) groups excluding carboxylic acids is 2. The largest absolute Gasteiger partial charge is 0.493 e. The van der Waals surface area contributed by atoms with E-state index in [0.29, 0.717) is 28.8 Å². The summed E-state index contributed by atoms with van der Waals surface area (Å²) in [4.78, 5) is 27.1. The minimum atomic E-state index is -0.618. The van der Waals surface area contributed by atoms with Crippen molar-refractivity contribution in [2.45, 2.75) is 13.0 Å². The number of benzene rings is 1. The van der Waals surface area contributed by atoms with Gasteiger partial charge in [-0.15, -0.1) is 17.9 Å². The van der Waals surface area contributed by atoms with E-state index in [-0.39, 0.29) is 18.1 Å². The van der Waals surface area contributed by atoms with Crippen molar-refractivity contribution < 1.29 is 23.8 Å². The van der Waals surface area contributed by atoms with Crippen molar-refractivity contribution in [3.63, 3.8) is 0 Å². The van der Waals surface area contributed by atoms with Gasteiger partial charge in [0.25, 0.3) is 5.91 Å². The van der Waals surface area contributed by atoms with E-state index in [1.54, 1.807) is 25.3 Å². The lowest BCUT2D eigenvalue weighted by Gasteiger charge is -2.17. The molecule has 28 heavy (non-hydrogen) atoms. The van der Waals surface area contributed by atoms with Crippen molar-refractivity contribution >= 4 is 34.8 Å². The van der Waals surface area contributed by atoms with E-state index < -0.39 is 5.97 Å². The van der Waals surface area contributed by atoms with E-state index in [1.165, 1.54) is 36.5 Å². The molecule has 1 aromatic carbocycles. The molecule has 0 aliphatic rings. The van der Waals surface area contributed by atoms with Crippen LogP contribution in [0.5, 0.6) is 11.5 Å². The molecule has 0 unspecified atom stereocenters. The van der Waals surface area contributed by atoms with Crippen LogP contribution >= 0.6 is 22.9 Å². The lowest BCUT2D eigenvalue weighted by Crippen LogP contribution is -2.30. The third-order valence-corrected chi connectivity index (χ3v) is 5.15. The van der Waals surface area contributed by atoms with Crippen LogP contribution in [0.4, 0.5) is 0 Å². The van der Waals surface area contributed by atoms with Crippen LogP contribution in [0.15, 0.2) is 36.9 Å². The average Bonchev–Trinajstić information content (AvgIpc) is 3.09. The Labute approximate surface area is 173 Å². The number of rotatable bonds is 9. The van der Waals surface area contributed by atoms with Crippen molar-refractivity contribution in [3.8, 4) is 11.5 Å². The van der Waals surface area contributed by atoms with Gasteiger partial charge in [0, 0.05) is 17.5 Å². The predicted molar refractivity (Wildman–Crippen MR) is 110 cm³/mol. The van der Waals surface area contributed by atoms with Crippen LogP contribution in [0.3, 0.4) is 0 Å². The normalized spacial score (nSPS) is 10.3. The third-order valence-electron chi connectivity index (χ3n) is 3.93. The number of methoxy groups -OCH3 is 2. The molecule has 150 valence electrons. The number of allylic oxidation sites excluding steroid dienone is 1. The summed E-state index contributed by atoms with van der Waals surface area (Å²) in [5, 5.41) is 0. The minimum Gasteiger partial charge on any atom is -0.493 e. The Hall–Kier alpha value is -2.51. The third kappa shape index (κ3) is 5.50. The van der Waals surface area contributed by atoms with Crippen LogP contribution < -0.4 is 9.47 Å². The van der Waals surface area contributed by atoms with Crippen LogP contribution in [0.25, 0.3) is 0 Å². The van der Waals surface area contributed by atoms with Gasteiger partial charge in [-0.1, -0.05) is 17.7 Å². The van der Waals surface area contributed by atoms with Gasteiger partial charge in [-0.05, 0) is 30.7 Å². The fourth-order valence-corrected chi connectivity index (χ4v) is 3.69. The summed E-state index contributed by atoms with van der Waals surface area (Å²) < 4.78 is 16.5. The Balaban J connectivity index is 2.04. The smallest absolute Gasteiger partial charge is 0.338 e. The van der Waals surface area contributed by atoms with Gasteiger partial charge in [0.2, 0.25) is 0 Å². The Kier molecular flexibility index (Phi) is 7.90. The van der Waals surface area contributed by atoms with Crippen LogP contribution in [-0.4, -0.2) is 44.7 Å². The molecule has 8 heteroatoms. The van der Waals surface area contributed by atoms with Crippen molar-refractivity contribution in [3.05, 3.63) is 57.3 Å². The lowest BCUT2D eigenvalue weighted by molar-refractivity contribution is -0.133. The topological polar surface area (TPSA) is 65.1 Å². The maximum absolute atomic E-state index is 12.4. The second-order valence-corrected chi connectivity index (χ2v) is 7.70. The summed E-state index contributed by atoms with van der Waals surface area (Å²) in [7, 11) is 4.65. The Morgan fingerprint density at radius 3 is 2.57 bits per heavy atom. The highest BCUT2D eigenvalue weighted by atomic mass is 35.5. The zero-order chi connectivity index (χ0) is 20.7. The highest BCUT2D eigenvalue weighted by molar-refractivity contribution is 7.16. The Bertz CT molecular complexity index is 864. The van der Waals surface area contributed by atoms with E-state index in [1.807, 2.05) is 6.07 Å². The molecule has 1 amide bonds. The molecule has 2 aromatic rings. The minimum absolute atomic E-state index is 0.273. The molecule has 0 atom stereocenters. The standard InChI is InChI=1S/C20H22ClNO5S/c1-5-6-13-9-14(10-16(25-3)19(13)26-4)20(24)27-12-18(23)22(2)11-15-7-8-17(21)28-15/h5,7-10H,1,6,11-12H2,2-4H3. The summed E-state index contributed by atoms with van der Waals surface area (Å²) in [5.74, 6) is 0.00744. The van der Waals surface area contributed by atoms with Crippen molar-refractivity contribution in [1.29, 1.82) is 0 Å². The van der Waals surface area contributed by atoms with Gasteiger partial charge in [0.05, 0.1) is 30.7 Å². The maximum atomic E-state index is 12.4. The summed E-state index contributed by atoms with van der Waals surface area (Å²) in [5.41, 5.74) is 1.01. The van der Waals surface area contributed by atoms with Gasteiger partial charge < -0.3 is 19.1 Å². The fraction of sp³-hybridized carbons (Fsp3) is 0.300. The van der Waals surface area contributed by atoms with Crippen LogP contribution in [-0.2, 0) is 22.5 Å². The quantitative estimate of drug-likeness (QED) is 0.451. The Morgan fingerprint density at radius 2 is 2.00 bits per heavy atom. The molecule has 0 bridgehead atoms. The number of likely N-dealkylation sites (N-methyl/N-ethyl adjacent to an activating group) is 1. The number of halogens is 1. The molecule has 2 rings (SSSR count). The van der Waals surface area contributed by atoms with Gasteiger partial charge in [-0.25, -0.2) is 4.79 Å². The number of carbonyl (C=O) groups is 2. The summed E-state index contributed by atoms with van der Waals surface area (Å²) in [6.45, 7) is 3.74. The zero-order valence-corrected chi connectivity index (χ0v) is 17.6. The number of ether oxygens (including phenoxy) is 3. The van der Waals surface area contributed by atoms with E-state index in [9.17, 15) is 9.59 Å². The highest BCUT2D eigenvalue weighted by Gasteiger charge is 2.19. The van der Waals surface area contributed by atoms with Gasteiger partial charge in [0.15, 0.2) is 18.1 Å². The summed E-state index contributed by atoms with van der Waals surface area (Å²) in [6.07, 6.45) is 2.19. The first-order chi connectivity index (χ1) is 13.4. The van der Waals surface area contributed by atoms with Crippen LogP contribution in [0.1, 0.15) is 20.8 Å². The second kappa shape index (κ2) is 10.1. The fourth-order valence-electron chi connectivity index (χ4n) is 2.55. The molecular formula is C20H22ClNO5S. The lowest BCUT2D eigenvalue weighted by atomic mass is 10.1. The molecule has 0 saturated heterocycles. The molecule has 1 heterocycles. The molecule has 0 spiro atoms. The first-order valence-electron chi connectivity index (χ1n) is 8.40. The molecule has 0 N–H and O–H groups in total. The second-order valence-electron chi connectivity index (χ2n) is 5.90. The van der Waals surface area contributed by atoms with Crippen molar-refractivity contribution in [1.82, 2.24) is 4.90 Å². The molecule has 0 aliphatic heterocycles. The Morgan fingerprint density at radius 1 is 1.25 bits per heavy atom. The zero-order valence-electron chi connectivity index (χ0n) is 16.0. The first kappa shape index (κ1) is 21.8. The van der Waals surface area contributed by atoms with E-state index >= 15 is 0 Å². The molecule has 0 saturated carbocycles. The molecule has 0 aliphatic carbocycles. The number of esters is 1. The van der Waals surface area contributed by atoms with Crippen molar-refractivity contribution in [2.24, 2.45) is 0 Å². The monoisotopic (exact) mass is 423 g/mol. The summed E-state index contributed by atoms with van der Waals surface area (Å²) in [6, 6.07) is 6.80. The van der Waals surface area contributed by atoms with Gasteiger partial charge >= 0.3 is 5.97 Å². The van der Waals surface area contributed by atoms with Gasteiger partial charge in [0.1, 0.15) is 0 Å². The van der Waals surface area contributed by atoms with Crippen molar-refractivity contribution in [2.75, 3.05) is 27.9 Å². The highest BCUT2D eigenvalue weighted by Crippen LogP contribution is 2.33. The molecule has 0 fully saturated rings. The van der Waals surface area contributed by atoms with Gasteiger partial charge in [-0.2, -0.15) is 0 Å². The first-order valence-corrected chi connectivity index (χ1v) is 9.60. The van der Waals surface area contributed by atoms with Crippen LogP contribution in [0.2, 0.25) is 4.34 Å². The number of hydrogen-bond donors (Lipinski definition) is 0. The molecule has 6 nitrogen and oxygen atoms in total.